The molecule has 6 heterocycles. The number of imidazole rings is 2. The molecule has 9 rings (SSSR count). The van der Waals surface area contributed by atoms with E-state index >= 15 is 0 Å². The van der Waals surface area contributed by atoms with Crippen LogP contribution in [0.5, 0.6) is 5.88 Å². The van der Waals surface area contributed by atoms with Gasteiger partial charge in [0.1, 0.15) is 35.5 Å². The molecule has 3 aromatic carbocycles. The van der Waals surface area contributed by atoms with E-state index in [9.17, 15) is 19.2 Å². The van der Waals surface area contributed by atoms with E-state index in [0.717, 1.165) is 56.9 Å². The quantitative estimate of drug-likeness (QED) is 0.0809. The number of hydrogen-bond donors (Lipinski definition) is 4. The zero-order valence-electron chi connectivity index (χ0n) is 39.8. The molecule has 17 nitrogen and oxygen atoms in total. The number of rotatable bonds is 14. The normalized spacial score (nSPS) is 17.7. The van der Waals surface area contributed by atoms with Crippen molar-refractivity contribution in [1.29, 1.82) is 0 Å². The Morgan fingerprint density at radius 3 is 1.73 bits per heavy atom. The summed E-state index contributed by atoms with van der Waals surface area (Å²) in [7, 11) is 2.56. The van der Waals surface area contributed by atoms with Crippen LogP contribution in [0.15, 0.2) is 103 Å². The SMILES string of the molecule is COC(=O)N[C@H](C(=O)N1CCCC1c1ncc(-c2ccc(-c3ccc(-c4cnc(C5C[C@@H](Oc6nc7ccccc7nc6-c6cccs6)CN5C(=O)[C@@H](NC(=O)OC)C(C)C)[nH]4)cc3)cc2)[nH]1)C(C)C. The number of nitrogens with zero attached hydrogens (tertiary/aromatic N) is 6. The van der Waals surface area contributed by atoms with Crippen LogP contribution in [0.3, 0.4) is 0 Å². The second kappa shape index (κ2) is 20.6. The van der Waals surface area contributed by atoms with Gasteiger partial charge in [-0.2, -0.15) is 0 Å². The molecule has 18 heteroatoms. The summed E-state index contributed by atoms with van der Waals surface area (Å²) in [6, 6.07) is 25.7. The van der Waals surface area contributed by atoms with Crippen LogP contribution in [-0.2, 0) is 19.1 Å². The lowest BCUT2D eigenvalue weighted by molar-refractivity contribution is -0.136. The van der Waals surface area contributed by atoms with Gasteiger partial charge in [-0.25, -0.2) is 29.5 Å². The van der Waals surface area contributed by atoms with Crippen molar-refractivity contribution >= 4 is 46.4 Å². The fourth-order valence-corrected chi connectivity index (χ4v) is 9.95. The molecule has 0 aliphatic carbocycles. The first kappa shape index (κ1) is 47.5. The summed E-state index contributed by atoms with van der Waals surface area (Å²) >= 11 is 1.54. The Morgan fingerprint density at radius 1 is 0.671 bits per heavy atom. The fourth-order valence-electron chi connectivity index (χ4n) is 9.24. The minimum atomic E-state index is -0.856. The molecule has 4 aromatic heterocycles. The smallest absolute Gasteiger partial charge is 0.407 e. The van der Waals surface area contributed by atoms with Crippen molar-refractivity contribution in [3.8, 4) is 50.1 Å². The summed E-state index contributed by atoms with van der Waals surface area (Å²) in [6.45, 7) is 8.34. The number of H-pyrrole nitrogens is 2. The lowest BCUT2D eigenvalue weighted by atomic mass is 10.0. The highest BCUT2D eigenvalue weighted by atomic mass is 32.1. The Kier molecular flexibility index (Phi) is 13.9. The number of amides is 4. The maximum Gasteiger partial charge on any atom is 0.407 e. The van der Waals surface area contributed by atoms with E-state index in [1.807, 2.05) is 93.7 Å². The second-order valence-electron chi connectivity index (χ2n) is 18.2. The van der Waals surface area contributed by atoms with Gasteiger partial charge in [-0.1, -0.05) is 94.4 Å². The molecule has 362 valence electrons. The van der Waals surface area contributed by atoms with E-state index in [-0.39, 0.29) is 36.2 Å². The molecular formula is C52H56N10O7S. The van der Waals surface area contributed by atoms with Gasteiger partial charge in [0.05, 0.1) is 72.5 Å². The van der Waals surface area contributed by atoms with Gasteiger partial charge in [-0.05, 0) is 70.5 Å². The molecule has 0 saturated carbocycles. The number of ether oxygens (including phenoxy) is 3. The molecule has 5 atom stereocenters. The van der Waals surface area contributed by atoms with Crippen LogP contribution in [0, 0.1) is 11.8 Å². The summed E-state index contributed by atoms with van der Waals surface area (Å²) < 4.78 is 16.4. The van der Waals surface area contributed by atoms with E-state index < -0.39 is 36.4 Å². The minimum absolute atomic E-state index is 0.122. The lowest BCUT2D eigenvalue weighted by Crippen LogP contribution is -2.51. The van der Waals surface area contributed by atoms with E-state index in [0.29, 0.717) is 41.7 Å². The van der Waals surface area contributed by atoms with E-state index in [1.54, 1.807) is 33.5 Å². The highest BCUT2D eigenvalue weighted by Gasteiger charge is 2.43. The van der Waals surface area contributed by atoms with Crippen LogP contribution in [0.4, 0.5) is 9.59 Å². The first-order valence-electron chi connectivity index (χ1n) is 23.5. The number of alkyl carbamates (subject to hydrolysis) is 2. The Labute approximate surface area is 409 Å². The van der Waals surface area contributed by atoms with Crippen LogP contribution in [0.1, 0.15) is 70.7 Å². The summed E-state index contributed by atoms with van der Waals surface area (Å²) in [5, 5.41) is 7.43. The second-order valence-corrected chi connectivity index (χ2v) is 19.2. The third-order valence-electron chi connectivity index (χ3n) is 13.0. The third kappa shape index (κ3) is 9.94. The summed E-state index contributed by atoms with van der Waals surface area (Å²) in [5.74, 6) is 0.882. The largest absolute Gasteiger partial charge is 0.471 e. The van der Waals surface area contributed by atoms with Crippen molar-refractivity contribution in [3.63, 3.8) is 0 Å². The molecule has 4 N–H and O–H groups in total. The van der Waals surface area contributed by atoms with Crippen LogP contribution < -0.4 is 15.4 Å². The highest BCUT2D eigenvalue weighted by molar-refractivity contribution is 7.13. The van der Waals surface area contributed by atoms with Gasteiger partial charge in [0.25, 0.3) is 0 Å². The van der Waals surface area contributed by atoms with Crippen molar-refractivity contribution in [3.05, 3.63) is 114 Å². The number of likely N-dealkylation sites (tertiary alicyclic amines) is 2. The van der Waals surface area contributed by atoms with Gasteiger partial charge in [-0.3, -0.25) is 9.59 Å². The first-order chi connectivity index (χ1) is 33.9. The number of hydrogen-bond acceptors (Lipinski definition) is 12. The van der Waals surface area contributed by atoms with Gasteiger partial charge in [0.15, 0.2) is 0 Å². The number of benzene rings is 3. The molecular weight excluding hydrogens is 909 g/mol. The zero-order chi connectivity index (χ0) is 49.1. The number of para-hydroxylation sites is 2. The van der Waals surface area contributed by atoms with Crippen molar-refractivity contribution < 1.29 is 33.4 Å². The van der Waals surface area contributed by atoms with Gasteiger partial charge >= 0.3 is 12.2 Å². The fraction of sp³-hybridized carbons (Fsp3) is 0.346. The van der Waals surface area contributed by atoms with Crippen LogP contribution in [-0.4, -0.2) is 109 Å². The summed E-state index contributed by atoms with van der Waals surface area (Å²) in [5.41, 5.74) is 7.59. The molecule has 7 aromatic rings. The number of fused-ring (bicyclic) bond motifs is 1. The summed E-state index contributed by atoms with van der Waals surface area (Å²) in [4.78, 5) is 83.3. The number of methoxy groups -OCH3 is 2. The Balaban J connectivity index is 0.914. The lowest BCUT2D eigenvalue weighted by Gasteiger charge is -2.30. The van der Waals surface area contributed by atoms with Crippen molar-refractivity contribution in [2.75, 3.05) is 27.3 Å². The molecule has 2 fully saturated rings. The van der Waals surface area contributed by atoms with Crippen LogP contribution in [0.25, 0.3) is 55.2 Å². The third-order valence-corrected chi connectivity index (χ3v) is 13.9. The summed E-state index contributed by atoms with van der Waals surface area (Å²) in [6.07, 6.45) is 3.77. The van der Waals surface area contributed by atoms with Crippen LogP contribution >= 0.6 is 11.3 Å². The van der Waals surface area contributed by atoms with Crippen LogP contribution in [0.2, 0.25) is 0 Å². The van der Waals surface area contributed by atoms with Gasteiger partial charge in [-0.15, -0.1) is 11.3 Å². The standard InChI is InChI=1S/C52H56N10O7S/c1-29(2)43(59-51(65)67-5)49(63)61-23-9-13-40(61)46-53-26-38(56-46)33-19-15-31(16-20-33)32-17-21-34(22-18-32)39-27-54-47(57-39)41-25-35(28-62(41)50(64)44(30(3)4)60-52(66)68-6)69-48-45(42-14-10-24-70-42)55-36-11-7-8-12-37(36)58-48/h7-8,10-12,14-22,24,26-27,29-30,35,40-41,43-44H,9,13,23,25,28H2,1-6H3,(H,53,56)(H,54,57)(H,59,65)(H,60,66)/t35-,40?,41?,43+,44+/m1/s1. The van der Waals surface area contributed by atoms with E-state index in [1.165, 1.54) is 14.2 Å². The average molecular weight is 965 g/mol. The van der Waals surface area contributed by atoms with Gasteiger partial charge in [0.2, 0.25) is 17.7 Å². The Bertz CT molecular complexity index is 2970. The molecule has 2 aliphatic heterocycles. The minimum Gasteiger partial charge on any atom is -0.471 e. The number of nitrogens with one attached hydrogen (secondary N) is 4. The molecule has 4 amide bonds. The predicted octanol–water partition coefficient (Wildman–Crippen LogP) is 8.95. The van der Waals surface area contributed by atoms with Crippen molar-refractivity contribution in [2.45, 2.75) is 77.2 Å². The number of carbonyl (C=O) groups excluding carboxylic acids is 4. The number of carbonyl (C=O) groups is 4. The number of aromatic nitrogens is 6. The maximum absolute atomic E-state index is 14.5. The number of aromatic amines is 2. The molecule has 2 unspecified atom stereocenters. The average Bonchev–Trinajstić information content (AvgIpc) is 4.24. The highest BCUT2D eigenvalue weighted by Crippen LogP contribution is 2.39. The van der Waals surface area contributed by atoms with E-state index in [4.69, 9.17) is 34.1 Å². The van der Waals surface area contributed by atoms with Gasteiger partial charge < -0.3 is 44.6 Å². The Morgan fingerprint density at radius 2 is 1.20 bits per heavy atom. The van der Waals surface area contributed by atoms with E-state index in [2.05, 4.69) is 44.9 Å². The van der Waals surface area contributed by atoms with Gasteiger partial charge in [0, 0.05) is 13.0 Å². The Hall–Kier alpha value is -7.60. The van der Waals surface area contributed by atoms with Crippen molar-refractivity contribution in [1.82, 2.24) is 50.3 Å². The topological polar surface area (TPSA) is 210 Å². The zero-order valence-corrected chi connectivity index (χ0v) is 40.7. The maximum atomic E-state index is 14.5. The molecule has 0 bridgehead atoms. The predicted molar refractivity (Wildman–Crippen MR) is 265 cm³/mol. The molecule has 2 aliphatic rings. The molecule has 2 saturated heterocycles. The monoisotopic (exact) mass is 964 g/mol. The molecule has 0 radical (unpaired) electrons. The van der Waals surface area contributed by atoms with Crippen molar-refractivity contribution in [2.24, 2.45) is 11.8 Å². The first-order valence-corrected chi connectivity index (χ1v) is 24.3. The molecule has 70 heavy (non-hydrogen) atoms. The number of thiophene rings is 1. The molecule has 0 spiro atoms.